The number of fused-ring (bicyclic) bond motifs is 1. The van der Waals surface area contributed by atoms with Gasteiger partial charge in [0.2, 0.25) is 0 Å². The van der Waals surface area contributed by atoms with Crippen molar-refractivity contribution in [2.24, 2.45) is 0 Å². The van der Waals surface area contributed by atoms with Crippen LogP contribution < -0.4 is 0 Å². The largest absolute Gasteiger partial charge is 0.305 e. The molecule has 0 N–H and O–H groups in total. The lowest BCUT2D eigenvalue weighted by Gasteiger charge is -2.44. The molecule has 3 rings (SSSR count). The van der Waals surface area contributed by atoms with E-state index in [1.807, 2.05) is 19.9 Å². The van der Waals surface area contributed by atoms with Gasteiger partial charge in [0.05, 0.1) is 5.38 Å². The molecule has 102 valence electrons. The lowest BCUT2D eigenvalue weighted by molar-refractivity contribution is 0.136. The first-order chi connectivity index (χ1) is 9.07. The summed E-state index contributed by atoms with van der Waals surface area (Å²) in [5.41, 5.74) is 3.19. The maximum atomic E-state index is 6.35. The number of aryl methyl sites for hydroxylation is 1. The number of nitrogens with zero attached hydrogens (tertiary/aromatic N) is 3. The van der Waals surface area contributed by atoms with Gasteiger partial charge in [-0.3, -0.25) is 0 Å². The molecule has 19 heavy (non-hydrogen) atoms. The summed E-state index contributed by atoms with van der Waals surface area (Å²) in [6, 6.07) is 4.07. The van der Waals surface area contributed by atoms with Gasteiger partial charge < -0.3 is 4.57 Å². The molecule has 2 aromatic rings. The minimum atomic E-state index is -0.0847. The molecule has 4 heteroatoms. The molecule has 0 aromatic carbocycles. The Morgan fingerprint density at radius 2 is 2.11 bits per heavy atom. The third kappa shape index (κ3) is 1.86. The molecular formula is C15H20ClN3. The minimum absolute atomic E-state index is 0.0847. The summed E-state index contributed by atoms with van der Waals surface area (Å²) < 4.78 is 2.33. The van der Waals surface area contributed by atoms with Crippen LogP contribution in [-0.4, -0.2) is 14.5 Å². The minimum Gasteiger partial charge on any atom is -0.305 e. The molecule has 0 saturated heterocycles. The number of imidazole rings is 1. The summed E-state index contributed by atoms with van der Waals surface area (Å²) in [4.78, 5) is 9.43. The van der Waals surface area contributed by atoms with E-state index < -0.39 is 0 Å². The lowest BCUT2D eigenvalue weighted by Crippen LogP contribution is -2.41. The van der Waals surface area contributed by atoms with Crippen LogP contribution in [0.15, 0.2) is 12.1 Å². The van der Waals surface area contributed by atoms with E-state index in [2.05, 4.69) is 17.6 Å². The molecule has 2 heterocycles. The maximum absolute atomic E-state index is 6.35. The van der Waals surface area contributed by atoms with Crippen molar-refractivity contribution in [3.05, 3.63) is 23.7 Å². The first kappa shape index (κ1) is 12.9. The fraction of sp³-hybridized carbons (Fsp3) is 0.600. The number of hydrogen-bond donors (Lipinski definition) is 0. The van der Waals surface area contributed by atoms with Crippen LogP contribution in [0.25, 0.3) is 11.2 Å². The van der Waals surface area contributed by atoms with Crippen LogP contribution in [0.1, 0.15) is 56.4 Å². The van der Waals surface area contributed by atoms with Crippen LogP contribution >= 0.6 is 11.6 Å². The number of hydrogen-bond acceptors (Lipinski definition) is 2. The van der Waals surface area contributed by atoms with E-state index in [1.54, 1.807) is 0 Å². The zero-order valence-electron chi connectivity index (χ0n) is 11.8. The fourth-order valence-electron chi connectivity index (χ4n) is 3.12. The van der Waals surface area contributed by atoms with Gasteiger partial charge in [-0.05, 0) is 51.7 Å². The Morgan fingerprint density at radius 3 is 2.63 bits per heavy atom. The standard InChI is InChI=1S/C15H20ClN3/c1-4-15(8-5-9-15)19-13(11(3)16)18-12-7-6-10(2)17-14(12)19/h6-7,11H,4-5,8-9H2,1-3H3. The maximum Gasteiger partial charge on any atom is 0.160 e. The number of alkyl halides is 1. The highest BCUT2D eigenvalue weighted by molar-refractivity contribution is 6.20. The highest BCUT2D eigenvalue weighted by atomic mass is 35.5. The van der Waals surface area contributed by atoms with Gasteiger partial charge in [0, 0.05) is 11.2 Å². The van der Waals surface area contributed by atoms with Gasteiger partial charge in [0.15, 0.2) is 5.65 Å². The van der Waals surface area contributed by atoms with Gasteiger partial charge in [-0.2, -0.15) is 0 Å². The van der Waals surface area contributed by atoms with Crippen molar-refractivity contribution in [3.63, 3.8) is 0 Å². The second-order valence-electron chi connectivity index (χ2n) is 5.65. The van der Waals surface area contributed by atoms with E-state index in [-0.39, 0.29) is 10.9 Å². The predicted octanol–water partition coefficient (Wildman–Crippen LogP) is 4.33. The topological polar surface area (TPSA) is 30.7 Å². The summed E-state index contributed by atoms with van der Waals surface area (Å²) in [7, 11) is 0. The van der Waals surface area contributed by atoms with Crippen LogP contribution in [0.4, 0.5) is 0 Å². The first-order valence-corrected chi connectivity index (χ1v) is 7.51. The van der Waals surface area contributed by atoms with Crippen molar-refractivity contribution in [2.75, 3.05) is 0 Å². The second-order valence-corrected chi connectivity index (χ2v) is 6.30. The van der Waals surface area contributed by atoms with E-state index >= 15 is 0 Å². The summed E-state index contributed by atoms with van der Waals surface area (Å²) in [6.45, 7) is 6.28. The molecular weight excluding hydrogens is 258 g/mol. The van der Waals surface area contributed by atoms with Crippen LogP contribution in [0, 0.1) is 6.92 Å². The number of halogens is 1. The van der Waals surface area contributed by atoms with Crippen molar-refractivity contribution >= 4 is 22.8 Å². The van der Waals surface area contributed by atoms with Gasteiger partial charge >= 0.3 is 0 Å². The van der Waals surface area contributed by atoms with Crippen LogP contribution in [0.3, 0.4) is 0 Å². The molecule has 1 fully saturated rings. The Labute approximate surface area is 119 Å². The average Bonchev–Trinajstić information content (AvgIpc) is 2.68. The molecule has 1 aliphatic carbocycles. The summed E-state index contributed by atoms with van der Waals surface area (Å²) >= 11 is 6.35. The van der Waals surface area contributed by atoms with E-state index in [4.69, 9.17) is 21.6 Å². The van der Waals surface area contributed by atoms with Crippen molar-refractivity contribution in [3.8, 4) is 0 Å². The lowest BCUT2D eigenvalue weighted by atomic mass is 9.74. The number of rotatable bonds is 3. The van der Waals surface area contributed by atoms with E-state index in [0.29, 0.717) is 0 Å². The van der Waals surface area contributed by atoms with Crippen molar-refractivity contribution in [2.45, 2.75) is 57.4 Å². The second kappa shape index (κ2) is 4.48. The molecule has 2 aromatic heterocycles. The molecule has 0 aliphatic heterocycles. The number of aromatic nitrogens is 3. The van der Waals surface area contributed by atoms with Crippen LogP contribution in [0.5, 0.6) is 0 Å². The first-order valence-electron chi connectivity index (χ1n) is 7.08. The smallest absolute Gasteiger partial charge is 0.160 e. The molecule has 1 atom stereocenters. The number of pyridine rings is 1. The van der Waals surface area contributed by atoms with Gasteiger partial charge in [-0.1, -0.05) is 6.92 Å². The van der Waals surface area contributed by atoms with Gasteiger partial charge in [-0.25, -0.2) is 9.97 Å². The fourth-order valence-corrected chi connectivity index (χ4v) is 3.27. The zero-order chi connectivity index (χ0) is 13.6. The van der Waals surface area contributed by atoms with E-state index in [0.717, 1.165) is 29.1 Å². The highest BCUT2D eigenvalue weighted by Crippen LogP contribution is 2.45. The Hall–Kier alpha value is -1.09. The molecule has 0 amide bonds. The summed E-state index contributed by atoms with van der Waals surface area (Å²) in [5, 5.41) is -0.0847. The Balaban J connectivity index is 2.30. The normalized spacial score (nSPS) is 19.4. The van der Waals surface area contributed by atoms with Crippen LogP contribution in [0.2, 0.25) is 0 Å². The van der Waals surface area contributed by atoms with Crippen molar-refractivity contribution in [1.29, 1.82) is 0 Å². The molecule has 1 saturated carbocycles. The molecule has 1 aliphatic rings. The monoisotopic (exact) mass is 277 g/mol. The molecule has 0 bridgehead atoms. The van der Waals surface area contributed by atoms with Crippen molar-refractivity contribution in [1.82, 2.24) is 14.5 Å². The van der Waals surface area contributed by atoms with Gasteiger partial charge in [0.1, 0.15) is 11.3 Å². The average molecular weight is 278 g/mol. The Kier molecular flexibility index (Phi) is 3.05. The SMILES string of the molecule is CCC1(n2c(C(C)Cl)nc3ccc(C)nc32)CCC1. The Bertz CT molecular complexity index is 606. The van der Waals surface area contributed by atoms with Crippen molar-refractivity contribution < 1.29 is 0 Å². The van der Waals surface area contributed by atoms with E-state index in [1.165, 1.54) is 19.3 Å². The van der Waals surface area contributed by atoms with Gasteiger partial charge in [0.25, 0.3) is 0 Å². The quantitative estimate of drug-likeness (QED) is 0.782. The highest BCUT2D eigenvalue weighted by Gasteiger charge is 2.40. The third-order valence-electron chi connectivity index (χ3n) is 4.44. The zero-order valence-corrected chi connectivity index (χ0v) is 12.5. The third-order valence-corrected chi connectivity index (χ3v) is 4.64. The van der Waals surface area contributed by atoms with E-state index in [9.17, 15) is 0 Å². The summed E-state index contributed by atoms with van der Waals surface area (Å²) in [5.74, 6) is 0.969. The van der Waals surface area contributed by atoms with Crippen LogP contribution in [-0.2, 0) is 5.54 Å². The Morgan fingerprint density at radius 1 is 1.37 bits per heavy atom. The molecule has 0 radical (unpaired) electrons. The molecule has 1 unspecified atom stereocenters. The molecule has 0 spiro atoms. The predicted molar refractivity (Wildman–Crippen MR) is 78.6 cm³/mol. The summed E-state index contributed by atoms with van der Waals surface area (Å²) in [6.07, 6.45) is 4.82. The molecule has 3 nitrogen and oxygen atoms in total. The van der Waals surface area contributed by atoms with Gasteiger partial charge in [-0.15, -0.1) is 11.6 Å².